The first kappa shape index (κ1) is 12.0. The van der Waals surface area contributed by atoms with Crippen molar-refractivity contribution < 1.29 is 0 Å². The molecular weight excluding hydrogens is 146 g/mol. The molecule has 1 nitrogen and oxygen atoms in total. The second-order valence-corrected chi connectivity index (χ2v) is 4.03. The summed E-state index contributed by atoms with van der Waals surface area (Å²) < 4.78 is 0. The molecule has 0 saturated carbocycles. The maximum Gasteiger partial charge on any atom is -0.00206 e. The maximum absolute atomic E-state index is 3.41. The zero-order valence-electron chi connectivity index (χ0n) is 9.35. The van der Waals surface area contributed by atoms with Gasteiger partial charge in [0.1, 0.15) is 0 Å². The van der Waals surface area contributed by atoms with E-state index in [9.17, 15) is 0 Å². The van der Waals surface area contributed by atoms with Gasteiger partial charge in [-0.2, -0.15) is 0 Å². The van der Waals surface area contributed by atoms with E-state index in [1.807, 2.05) is 0 Å². The summed E-state index contributed by atoms with van der Waals surface area (Å²) in [5, 5.41) is 3.41. The van der Waals surface area contributed by atoms with Crippen LogP contribution < -0.4 is 5.32 Å². The van der Waals surface area contributed by atoms with Gasteiger partial charge < -0.3 is 5.32 Å². The van der Waals surface area contributed by atoms with Crippen LogP contribution in [-0.4, -0.2) is 13.1 Å². The van der Waals surface area contributed by atoms with Crippen molar-refractivity contribution in [3.8, 4) is 0 Å². The van der Waals surface area contributed by atoms with E-state index in [4.69, 9.17) is 0 Å². The first-order valence-corrected chi connectivity index (χ1v) is 5.34. The highest BCUT2D eigenvalue weighted by atomic mass is 14.8. The smallest absolute Gasteiger partial charge is 0.00206 e. The van der Waals surface area contributed by atoms with Crippen LogP contribution >= 0.6 is 0 Å². The molecule has 1 N–H and O–H groups in total. The molecule has 1 heteroatoms. The van der Waals surface area contributed by atoms with Gasteiger partial charge >= 0.3 is 0 Å². The van der Waals surface area contributed by atoms with E-state index in [0.29, 0.717) is 0 Å². The van der Waals surface area contributed by atoms with Gasteiger partial charge in [0.25, 0.3) is 0 Å². The Hall–Kier alpha value is -0.0400. The fourth-order valence-electron chi connectivity index (χ4n) is 1.49. The van der Waals surface area contributed by atoms with Crippen molar-refractivity contribution in [1.29, 1.82) is 0 Å². The highest BCUT2D eigenvalue weighted by Gasteiger charge is 2.16. The average molecular weight is 171 g/mol. The van der Waals surface area contributed by atoms with Crippen molar-refractivity contribution in [1.82, 2.24) is 5.32 Å². The molecule has 0 heterocycles. The lowest BCUT2D eigenvalue weighted by molar-refractivity contribution is 0.266. The van der Waals surface area contributed by atoms with Gasteiger partial charge in [0.2, 0.25) is 0 Å². The van der Waals surface area contributed by atoms with Crippen molar-refractivity contribution >= 4 is 0 Å². The van der Waals surface area contributed by atoms with Crippen LogP contribution in [0.2, 0.25) is 0 Å². The van der Waals surface area contributed by atoms with E-state index in [0.717, 1.165) is 24.3 Å². The van der Waals surface area contributed by atoms with Crippen LogP contribution in [0.1, 0.15) is 41.0 Å². The third-order valence-electron chi connectivity index (χ3n) is 3.16. The molecule has 0 aromatic heterocycles. The normalized spacial score (nSPS) is 18.8. The molecule has 0 radical (unpaired) electrons. The summed E-state index contributed by atoms with van der Waals surface area (Å²) in [7, 11) is 0. The van der Waals surface area contributed by atoms with E-state index < -0.39 is 0 Å². The topological polar surface area (TPSA) is 12.0 Å². The quantitative estimate of drug-likeness (QED) is 0.648. The molecule has 0 aromatic carbocycles. The van der Waals surface area contributed by atoms with Crippen LogP contribution in [0.3, 0.4) is 0 Å². The molecule has 0 bridgehead atoms. The van der Waals surface area contributed by atoms with Gasteiger partial charge in [0, 0.05) is 0 Å². The van der Waals surface area contributed by atoms with Crippen LogP contribution in [0.4, 0.5) is 0 Å². The van der Waals surface area contributed by atoms with Gasteiger partial charge in [-0.25, -0.2) is 0 Å². The Morgan fingerprint density at radius 2 is 1.58 bits per heavy atom. The first-order chi connectivity index (χ1) is 5.63. The summed E-state index contributed by atoms with van der Waals surface area (Å²) >= 11 is 0. The van der Waals surface area contributed by atoms with Crippen molar-refractivity contribution in [2.75, 3.05) is 13.1 Å². The van der Waals surface area contributed by atoms with Crippen LogP contribution in [0.5, 0.6) is 0 Å². The third-order valence-corrected chi connectivity index (χ3v) is 3.16. The lowest BCUT2D eigenvalue weighted by Gasteiger charge is -2.25. The molecule has 3 atom stereocenters. The summed E-state index contributed by atoms with van der Waals surface area (Å²) in [6.45, 7) is 13.8. The molecule has 0 rings (SSSR count). The minimum absolute atomic E-state index is 0.805. The van der Waals surface area contributed by atoms with E-state index in [-0.39, 0.29) is 0 Å². The highest BCUT2D eigenvalue weighted by Crippen LogP contribution is 2.22. The minimum atomic E-state index is 0.805. The molecular formula is C11H25N. The van der Waals surface area contributed by atoms with Gasteiger partial charge in [-0.15, -0.1) is 0 Å². The molecule has 0 saturated heterocycles. The second kappa shape index (κ2) is 6.47. The van der Waals surface area contributed by atoms with Gasteiger partial charge in [-0.05, 0) is 30.8 Å². The summed E-state index contributed by atoms with van der Waals surface area (Å²) in [4.78, 5) is 0. The summed E-state index contributed by atoms with van der Waals surface area (Å²) in [5.41, 5.74) is 0. The minimum Gasteiger partial charge on any atom is -0.317 e. The Kier molecular flexibility index (Phi) is 6.45. The predicted molar refractivity (Wildman–Crippen MR) is 56.3 cm³/mol. The van der Waals surface area contributed by atoms with Gasteiger partial charge in [0.15, 0.2) is 0 Å². The standard InChI is InChI=1S/C11H25N/c1-6-9(3)11(5)10(4)8-12-7-2/h9-12H,6-8H2,1-5H3. The largest absolute Gasteiger partial charge is 0.317 e. The van der Waals surface area contributed by atoms with Gasteiger partial charge in [-0.1, -0.05) is 41.0 Å². The Morgan fingerprint density at radius 1 is 1.00 bits per heavy atom. The van der Waals surface area contributed by atoms with Gasteiger partial charge in [0.05, 0.1) is 0 Å². The number of hydrogen-bond donors (Lipinski definition) is 1. The molecule has 0 spiro atoms. The Morgan fingerprint density at radius 3 is 2.00 bits per heavy atom. The predicted octanol–water partition coefficient (Wildman–Crippen LogP) is 2.91. The van der Waals surface area contributed by atoms with Crippen LogP contribution in [0, 0.1) is 17.8 Å². The lowest BCUT2D eigenvalue weighted by atomic mass is 9.83. The molecule has 0 fully saturated rings. The monoisotopic (exact) mass is 171 g/mol. The molecule has 0 aliphatic carbocycles. The average Bonchev–Trinajstić information content (AvgIpc) is 2.11. The fraction of sp³-hybridized carbons (Fsp3) is 1.00. The lowest BCUT2D eigenvalue weighted by Crippen LogP contribution is -2.27. The molecule has 0 aliphatic heterocycles. The molecule has 0 aliphatic rings. The number of nitrogens with one attached hydrogen (secondary N) is 1. The van der Waals surface area contributed by atoms with Gasteiger partial charge in [-0.3, -0.25) is 0 Å². The molecule has 0 aromatic rings. The molecule has 12 heavy (non-hydrogen) atoms. The van der Waals surface area contributed by atoms with Crippen molar-refractivity contribution in [2.24, 2.45) is 17.8 Å². The van der Waals surface area contributed by atoms with Crippen LogP contribution in [0.25, 0.3) is 0 Å². The van der Waals surface area contributed by atoms with E-state index >= 15 is 0 Å². The van der Waals surface area contributed by atoms with Crippen molar-refractivity contribution in [3.05, 3.63) is 0 Å². The second-order valence-electron chi connectivity index (χ2n) is 4.03. The highest BCUT2D eigenvalue weighted by molar-refractivity contribution is 4.68. The fourth-order valence-corrected chi connectivity index (χ4v) is 1.49. The zero-order chi connectivity index (χ0) is 9.56. The van der Waals surface area contributed by atoms with Crippen LogP contribution in [0.15, 0.2) is 0 Å². The molecule has 0 amide bonds. The van der Waals surface area contributed by atoms with E-state index in [1.165, 1.54) is 13.0 Å². The maximum atomic E-state index is 3.41. The number of hydrogen-bond acceptors (Lipinski definition) is 1. The van der Waals surface area contributed by atoms with E-state index in [2.05, 4.69) is 39.9 Å². The first-order valence-electron chi connectivity index (χ1n) is 5.34. The zero-order valence-corrected chi connectivity index (χ0v) is 9.35. The number of rotatable bonds is 6. The third kappa shape index (κ3) is 4.10. The van der Waals surface area contributed by atoms with E-state index in [1.54, 1.807) is 0 Å². The Balaban J connectivity index is 3.67. The molecule has 74 valence electrons. The molecule has 3 unspecified atom stereocenters. The Bertz CT molecular complexity index is 101. The van der Waals surface area contributed by atoms with Crippen LogP contribution in [-0.2, 0) is 0 Å². The summed E-state index contributed by atoms with van der Waals surface area (Å²) in [6.07, 6.45) is 1.30. The van der Waals surface area contributed by atoms with Crippen molar-refractivity contribution in [3.63, 3.8) is 0 Å². The summed E-state index contributed by atoms with van der Waals surface area (Å²) in [6, 6.07) is 0. The Labute approximate surface area is 77.9 Å². The summed E-state index contributed by atoms with van der Waals surface area (Å²) in [5.74, 6) is 2.51. The van der Waals surface area contributed by atoms with Crippen molar-refractivity contribution in [2.45, 2.75) is 41.0 Å². The SMILES string of the molecule is CCNCC(C)C(C)C(C)CC.